The third-order valence-corrected chi connectivity index (χ3v) is 2.38. The first-order valence-corrected chi connectivity index (χ1v) is 6.49. The maximum atomic E-state index is 11.0. The molecule has 0 amide bonds. The van der Waals surface area contributed by atoms with Crippen LogP contribution in [0.2, 0.25) is 0 Å². The summed E-state index contributed by atoms with van der Waals surface area (Å²) in [5, 5.41) is 0. The van der Waals surface area contributed by atoms with Gasteiger partial charge in [0.2, 0.25) is 0 Å². The molecule has 0 bridgehead atoms. The molecule has 1 heterocycles. The van der Waals surface area contributed by atoms with Crippen molar-refractivity contribution < 1.29 is 13.9 Å². The van der Waals surface area contributed by atoms with E-state index in [-0.39, 0.29) is 5.78 Å². The molecule has 1 aromatic heterocycles. The number of rotatable bonds is 8. The molecule has 1 rings (SSSR count). The Morgan fingerprint density at radius 2 is 2.05 bits per heavy atom. The van der Waals surface area contributed by atoms with Crippen LogP contribution in [-0.2, 0) is 0 Å². The van der Waals surface area contributed by atoms with Gasteiger partial charge in [0.1, 0.15) is 0 Å². The van der Waals surface area contributed by atoms with Crippen LogP contribution in [-0.4, -0.2) is 5.78 Å². The highest BCUT2D eigenvalue weighted by molar-refractivity contribution is 5.91. The Hall–Kier alpha value is -2.03. The normalized spacial score (nSPS) is 11.9. The molecule has 0 saturated heterocycles. The van der Waals surface area contributed by atoms with Crippen LogP contribution < -0.4 is 4.74 Å². The first-order valence-electron chi connectivity index (χ1n) is 6.49. The highest BCUT2D eigenvalue weighted by Crippen LogP contribution is 2.16. The second-order valence-corrected chi connectivity index (χ2v) is 4.08. The number of Topliss-reactive ketones (excluding diaryl/α,β-unsaturated/α-hetero) is 1. The summed E-state index contributed by atoms with van der Waals surface area (Å²) in [6.07, 6.45) is 14.8. The van der Waals surface area contributed by atoms with Crippen LogP contribution in [0.25, 0.3) is 0 Å². The second kappa shape index (κ2) is 8.97. The van der Waals surface area contributed by atoms with Gasteiger partial charge in [-0.25, -0.2) is 0 Å². The Morgan fingerprint density at radius 3 is 2.74 bits per heavy atom. The molecule has 3 nitrogen and oxygen atoms in total. The van der Waals surface area contributed by atoms with Crippen LogP contribution in [0, 0.1) is 0 Å². The Morgan fingerprint density at radius 1 is 1.26 bits per heavy atom. The molecule has 0 fully saturated rings. The van der Waals surface area contributed by atoms with Crippen molar-refractivity contribution in [1.29, 1.82) is 0 Å². The summed E-state index contributed by atoms with van der Waals surface area (Å²) < 4.78 is 10.4. The van der Waals surface area contributed by atoms with E-state index in [0.717, 1.165) is 6.42 Å². The van der Waals surface area contributed by atoms with Gasteiger partial charge in [0, 0.05) is 13.0 Å². The molecule has 0 N–H and O–H groups in total. The third-order valence-electron chi connectivity index (χ3n) is 2.38. The predicted octanol–water partition coefficient (Wildman–Crippen LogP) is 4.68. The number of ether oxygens (including phenoxy) is 1. The molecule has 0 spiro atoms. The van der Waals surface area contributed by atoms with Gasteiger partial charge >= 0.3 is 0 Å². The smallest absolute Gasteiger partial charge is 0.289 e. The maximum absolute atomic E-state index is 11.0. The maximum Gasteiger partial charge on any atom is 0.289 e. The van der Waals surface area contributed by atoms with E-state index in [1.54, 1.807) is 18.2 Å². The number of hydrogen-bond acceptors (Lipinski definition) is 3. The standard InChI is InChI=1S/C16H20O3/c1-3-4-5-6-7-8-9-10-13-18-16-12-11-15(19-16)14(2)17/h6-13H,3-5H2,1-2H3. The number of ketones is 1. The van der Waals surface area contributed by atoms with E-state index in [4.69, 9.17) is 9.15 Å². The summed E-state index contributed by atoms with van der Waals surface area (Å²) in [6, 6.07) is 3.22. The zero-order valence-corrected chi connectivity index (χ0v) is 11.5. The molecule has 3 heteroatoms. The van der Waals surface area contributed by atoms with Crippen molar-refractivity contribution in [2.75, 3.05) is 0 Å². The molecule has 1 aromatic rings. The molecular weight excluding hydrogens is 240 g/mol. The van der Waals surface area contributed by atoms with Crippen molar-refractivity contribution in [1.82, 2.24) is 0 Å². The largest absolute Gasteiger partial charge is 0.434 e. The van der Waals surface area contributed by atoms with Gasteiger partial charge < -0.3 is 9.15 Å². The summed E-state index contributed by atoms with van der Waals surface area (Å²) >= 11 is 0. The van der Waals surface area contributed by atoms with Gasteiger partial charge in [0.15, 0.2) is 11.5 Å². The summed E-state index contributed by atoms with van der Waals surface area (Å²) in [5.74, 6) is 0.502. The van der Waals surface area contributed by atoms with Gasteiger partial charge in [0.05, 0.1) is 6.26 Å². The predicted molar refractivity (Wildman–Crippen MR) is 76.3 cm³/mol. The summed E-state index contributed by atoms with van der Waals surface area (Å²) in [4.78, 5) is 11.0. The highest BCUT2D eigenvalue weighted by Gasteiger charge is 2.05. The summed E-state index contributed by atoms with van der Waals surface area (Å²) in [6.45, 7) is 3.63. The van der Waals surface area contributed by atoms with Crippen molar-refractivity contribution in [2.24, 2.45) is 0 Å². The van der Waals surface area contributed by atoms with Gasteiger partial charge in [-0.15, -0.1) is 0 Å². The summed E-state index contributed by atoms with van der Waals surface area (Å²) in [5.41, 5.74) is 0. The van der Waals surface area contributed by atoms with Crippen LogP contribution in [0.5, 0.6) is 5.95 Å². The van der Waals surface area contributed by atoms with Gasteiger partial charge in [-0.2, -0.15) is 0 Å². The molecule has 0 aliphatic rings. The number of carbonyl (C=O) groups is 1. The Labute approximate surface area is 114 Å². The average molecular weight is 260 g/mol. The van der Waals surface area contributed by atoms with E-state index < -0.39 is 0 Å². The molecule has 0 saturated carbocycles. The average Bonchev–Trinajstić information content (AvgIpc) is 2.86. The lowest BCUT2D eigenvalue weighted by atomic mass is 10.2. The zero-order valence-electron chi connectivity index (χ0n) is 11.5. The Bertz CT molecular complexity index is 464. The lowest BCUT2D eigenvalue weighted by molar-refractivity contribution is 0.0982. The van der Waals surface area contributed by atoms with E-state index in [1.807, 2.05) is 18.2 Å². The third kappa shape index (κ3) is 6.46. The fourth-order valence-corrected chi connectivity index (χ4v) is 1.35. The topological polar surface area (TPSA) is 39.4 Å². The molecule has 0 aliphatic carbocycles. The first kappa shape index (κ1) is 15.0. The van der Waals surface area contributed by atoms with Crippen LogP contribution in [0.4, 0.5) is 0 Å². The van der Waals surface area contributed by atoms with Crippen LogP contribution >= 0.6 is 0 Å². The highest BCUT2D eigenvalue weighted by atomic mass is 16.6. The van der Waals surface area contributed by atoms with E-state index in [9.17, 15) is 4.79 Å². The van der Waals surface area contributed by atoms with Crippen molar-refractivity contribution in [3.63, 3.8) is 0 Å². The van der Waals surface area contributed by atoms with Crippen LogP contribution in [0.3, 0.4) is 0 Å². The molecule has 0 atom stereocenters. The number of allylic oxidation sites excluding steroid dienone is 5. The number of unbranched alkanes of at least 4 members (excludes halogenated alkanes) is 2. The van der Waals surface area contributed by atoms with Gasteiger partial charge in [-0.3, -0.25) is 4.79 Å². The van der Waals surface area contributed by atoms with E-state index >= 15 is 0 Å². The van der Waals surface area contributed by atoms with Crippen LogP contribution in [0.15, 0.2) is 53.2 Å². The Kier molecular flexibility index (Phi) is 7.10. The van der Waals surface area contributed by atoms with Gasteiger partial charge in [0.25, 0.3) is 5.95 Å². The fourth-order valence-electron chi connectivity index (χ4n) is 1.35. The van der Waals surface area contributed by atoms with Crippen molar-refractivity contribution in [3.8, 4) is 5.95 Å². The lowest BCUT2D eigenvalue weighted by Crippen LogP contribution is -1.86. The minimum Gasteiger partial charge on any atom is -0.434 e. The molecule has 102 valence electrons. The molecule has 0 radical (unpaired) electrons. The van der Waals surface area contributed by atoms with E-state index in [2.05, 4.69) is 13.0 Å². The molecule has 0 aromatic carbocycles. The van der Waals surface area contributed by atoms with E-state index in [1.165, 1.54) is 26.0 Å². The Balaban J connectivity index is 2.27. The molecule has 0 unspecified atom stereocenters. The van der Waals surface area contributed by atoms with Crippen molar-refractivity contribution in [3.05, 3.63) is 54.5 Å². The molecular formula is C16H20O3. The quantitative estimate of drug-likeness (QED) is 0.295. The SMILES string of the molecule is CCCCC=CC=CC=COc1ccc(C(C)=O)o1. The number of furan rings is 1. The fraction of sp³-hybridized carbons (Fsp3) is 0.312. The molecule has 0 aliphatic heterocycles. The van der Waals surface area contributed by atoms with Crippen molar-refractivity contribution in [2.45, 2.75) is 33.1 Å². The minimum absolute atomic E-state index is 0.115. The first-order chi connectivity index (χ1) is 9.24. The molecule has 19 heavy (non-hydrogen) atoms. The van der Waals surface area contributed by atoms with Crippen molar-refractivity contribution >= 4 is 5.78 Å². The monoisotopic (exact) mass is 260 g/mol. The van der Waals surface area contributed by atoms with E-state index in [0.29, 0.717) is 11.7 Å². The second-order valence-electron chi connectivity index (χ2n) is 4.08. The number of carbonyl (C=O) groups excluding carboxylic acids is 1. The zero-order chi connectivity index (χ0) is 13.9. The summed E-state index contributed by atoms with van der Waals surface area (Å²) in [7, 11) is 0. The van der Waals surface area contributed by atoms with Gasteiger partial charge in [-0.1, -0.05) is 44.1 Å². The number of hydrogen-bond donors (Lipinski definition) is 0. The minimum atomic E-state index is -0.115. The van der Waals surface area contributed by atoms with Gasteiger partial charge in [-0.05, 0) is 18.6 Å². The van der Waals surface area contributed by atoms with Crippen LogP contribution in [0.1, 0.15) is 43.7 Å². The lowest BCUT2D eigenvalue weighted by Gasteiger charge is -1.92.